The first kappa shape index (κ1) is 15.4. The first-order valence-electron chi connectivity index (χ1n) is 6.63. The Morgan fingerprint density at radius 3 is 2.52 bits per heavy atom. The van der Waals surface area contributed by atoms with Crippen molar-refractivity contribution in [1.29, 1.82) is 0 Å². The number of rotatable bonds is 4. The molecule has 0 atom stereocenters. The molecule has 0 amide bonds. The van der Waals surface area contributed by atoms with Crippen LogP contribution in [0.4, 0.5) is 11.5 Å². The van der Waals surface area contributed by atoms with Crippen molar-refractivity contribution in [2.24, 2.45) is 7.05 Å². The van der Waals surface area contributed by atoms with E-state index in [2.05, 4.69) is 9.71 Å². The minimum atomic E-state index is -3.78. The SMILES string of the molecule is Cc1cccc(C(C)C)c1NS(=O)(=O)c1c(N)ncn1C. The molecule has 6 nitrogen and oxygen atoms in total. The molecule has 0 aliphatic rings. The van der Waals surface area contributed by atoms with Crippen molar-refractivity contribution in [3.63, 3.8) is 0 Å². The van der Waals surface area contributed by atoms with E-state index < -0.39 is 10.0 Å². The third-order valence-corrected chi connectivity index (χ3v) is 4.81. The van der Waals surface area contributed by atoms with E-state index in [1.54, 1.807) is 7.05 Å². The lowest BCUT2D eigenvalue weighted by Crippen LogP contribution is -2.19. The highest BCUT2D eigenvalue weighted by Gasteiger charge is 2.24. The summed E-state index contributed by atoms with van der Waals surface area (Å²) in [5.74, 6) is 0.191. The summed E-state index contributed by atoms with van der Waals surface area (Å²) in [5, 5.41) is -0.0274. The molecule has 2 rings (SSSR count). The van der Waals surface area contributed by atoms with Crippen molar-refractivity contribution in [3.8, 4) is 0 Å². The Bertz CT molecular complexity index is 744. The van der Waals surface area contributed by atoms with Gasteiger partial charge in [-0.05, 0) is 24.0 Å². The molecule has 0 saturated heterocycles. The Hall–Kier alpha value is -2.02. The molecule has 1 aromatic heterocycles. The molecule has 0 fully saturated rings. The van der Waals surface area contributed by atoms with Crippen LogP contribution in [0.2, 0.25) is 0 Å². The summed E-state index contributed by atoms with van der Waals surface area (Å²) in [7, 11) is -2.19. The van der Waals surface area contributed by atoms with Gasteiger partial charge in [0.05, 0.1) is 12.0 Å². The van der Waals surface area contributed by atoms with Gasteiger partial charge in [0, 0.05) is 7.05 Å². The minimum Gasteiger partial charge on any atom is -0.381 e. The second-order valence-electron chi connectivity index (χ2n) is 5.35. The zero-order chi connectivity index (χ0) is 15.8. The summed E-state index contributed by atoms with van der Waals surface area (Å²) in [6.45, 7) is 5.91. The summed E-state index contributed by atoms with van der Waals surface area (Å²) < 4.78 is 29.2. The van der Waals surface area contributed by atoms with Gasteiger partial charge >= 0.3 is 0 Å². The van der Waals surface area contributed by atoms with Gasteiger partial charge in [-0.1, -0.05) is 32.0 Å². The van der Waals surface area contributed by atoms with Crippen LogP contribution in [0.3, 0.4) is 0 Å². The van der Waals surface area contributed by atoms with Crippen LogP contribution in [0, 0.1) is 6.92 Å². The molecule has 1 aromatic carbocycles. The number of aryl methyl sites for hydroxylation is 2. The molecule has 0 bridgehead atoms. The molecule has 1 heterocycles. The number of aromatic nitrogens is 2. The fraction of sp³-hybridized carbons (Fsp3) is 0.357. The van der Waals surface area contributed by atoms with Gasteiger partial charge in [0.25, 0.3) is 10.0 Å². The standard InChI is InChI=1S/C14H20N4O2S/c1-9(2)11-7-5-6-10(3)12(11)17-21(19,20)14-13(15)16-8-18(14)4/h5-9,17H,15H2,1-4H3. The summed E-state index contributed by atoms with van der Waals surface area (Å²) in [4.78, 5) is 3.83. The van der Waals surface area contributed by atoms with Crippen molar-refractivity contribution in [3.05, 3.63) is 35.7 Å². The molecule has 0 aliphatic carbocycles. The second-order valence-corrected chi connectivity index (χ2v) is 6.94. The van der Waals surface area contributed by atoms with Crippen LogP contribution in [-0.2, 0) is 17.1 Å². The molecule has 3 N–H and O–H groups in total. The largest absolute Gasteiger partial charge is 0.381 e. The van der Waals surface area contributed by atoms with Crippen LogP contribution >= 0.6 is 0 Å². The van der Waals surface area contributed by atoms with E-state index in [-0.39, 0.29) is 16.8 Å². The van der Waals surface area contributed by atoms with E-state index >= 15 is 0 Å². The quantitative estimate of drug-likeness (QED) is 0.906. The Kier molecular flexibility index (Phi) is 3.95. The summed E-state index contributed by atoms with van der Waals surface area (Å²) in [6, 6.07) is 5.71. The molecule has 0 saturated carbocycles. The molecule has 2 aromatic rings. The average molecular weight is 308 g/mol. The van der Waals surface area contributed by atoms with Gasteiger partial charge in [-0.3, -0.25) is 4.72 Å². The van der Waals surface area contributed by atoms with Crippen molar-refractivity contribution in [2.45, 2.75) is 31.7 Å². The van der Waals surface area contributed by atoms with E-state index in [1.165, 1.54) is 10.9 Å². The number of nitrogen functional groups attached to an aromatic ring is 1. The molecular weight excluding hydrogens is 288 g/mol. The molecule has 7 heteroatoms. The number of benzene rings is 1. The number of anilines is 2. The molecule has 0 spiro atoms. The zero-order valence-corrected chi connectivity index (χ0v) is 13.4. The lowest BCUT2D eigenvalue weighted by atomic mass is 9.99. The smallest absolute Gasteiger partial charge is 0.281 e. The number of nitrogens with two attached hydrogens (primary N) is 1. The minimum absolute atomic E-state index is 0.00955. The maximum Gasteiger partial charge on any atom is 0.281 e. The fourth-order valence-corrected chi connectivity index (χ4v) is 3.66. The maximum atomic E-state index is 12.6. The predicted molar refractivity (Wildman–Crippen MR) is 83.7 cm³/mol. The summed E-state index contributed by atoms with van der Waals surface area (Å²) >= 11 is 0. The van der Waals surface area contributed by atoms with Crippen molar-refractivity contribution in [2.75, 3.05) is 10.5 Å². The van der Waals surface area contributed by atoms with Crippen LogP contribution in [0.15, 0.2) is 29.6 Å². The number of nitrogens with zero attached hydrogens (tertiary/aromatic N) is 2. The van der Waals surface area contributed by atoms with Crippen molar-refractivity contribution in [1.82, 2.24) is 9.55 Å². The average Bonchev–Trinajstić information content (AvgIpc) is 2.71. The van der Waals surface area contributed by atoms with E-state index in [0.29, 0.717) is 5.69 Å². The second kappa shape index (κ2) is 5.40. The third-order valence-electron chi connectivity index (χ3n) is 3.33. The summed E-state index contributed by atoms with van der Waals surface area (Å²) in [5.41, 5.74) is 8.08. The van der Waals surface area contributed by atoms with Crippen molar-refractivity contribution < 1.29 is 8.42 Å². The molecule has 0 aliphatic heterocycles. The summed E-state index contributed by atoms with van der Waals surface area (Å²) in [6.07, 6.45) is 1.38. The normalized spacial score (nSPS) is 11.9. The Morgan fingerprint density at radius 1 is 1.33 bits per heavy atom. The lowest BCUT2D eigenvalue weighted by Gasteiger charge is -2.17. The van der Waals surface area contributed by atoms with E-state index in [9.17, 15) is 8.42 Å². The Morgan fingerprint density at radius 2 is 2.00 bits per heavy atom. The van der Waals surface area contributed by atoms with Crippen LogP contribution in [0.25, 0.3) is 0 Å². The lowest BCUT2D eigenvalue weighted by molar-refractivity contribution is 0.591. The molecule has 21 heavy (non-hydrogen) atoms. The number of sulfonamides is 1. The van der Waals surface area contributed by atoms with Gasteiger partial charge in [0.1, 0.15) is 0 Å². The van der Waals surface area contributed by atoms with Crippen molar-refractivity contribution >= 4 is 21.5 Å². The number of hydrogen-bond donors (Lipinski definition) is 2. The number of hydrogen-bond acceptors (Lipinski definition) is 4. The van der Waals surface area contributed by atoms with Gasteiger partial charge in [-0.25, -0.2) is 4.98 Å². The monoisotopic (exact) mass is 308 g/mol. The Balaban J connectivity index is 2.52. The highest BCUT2D eigenvalue weighted by atomic mass is 32.2. The maximum absolute atomic E-state index is 12.6. The van der Waals surface area contributed by atoms with Gasteiger partial charge in [-0.2, -0.15) is 8.42 Å². The predicted octanol–water partition coefficient (Wildman–Crippen LogP) is 2.23. The van der Waals surface area contributed by atoms with E-state index in [4.69, 9.17) is 5.73 Å². The van der Waals surface area contributed by atoms with Gasteiger partial charge < -0.3 is 10.3 Å². The number of para-hydroxylation sites is 1. The molecule has 114 valence electrons. The number of nitrogens with one attached hydrogen (secondary N) is 1. The highest BCUT2D eigenvalue weighted by Crippen LogP contribution is 2.30. The molecule has 0 unspecified atom stereocenters. The molecular formula is C14H20N4O2S. The van der Waals surface area contributed by atoms with E-state index in [0.717, 1.165) is 11.1 Å². The van der Waals surface area contributed by atoms with Gasteiger partial charge in [0.2, 0.25) is 0 Å². The van der Waals surface area contributed by atoms with E-state index in [1.807, 2.05) is 39.0 Å². The molecule has 0 radical (unpaired) electrons. The number of imidazole rings is 1. The first-order chi connectivity index (χ1) is 9.74. The van der Waals surface area contributed by atoms with Crippen LogP contribution in [-0.4, -0.2) is 18.0 Å². The van der Waals surface area contributed by atoms with Gasteiger partial charge in [-0.15, -0.1) is 0 Å². The fourth-order valence-electron chi connectivity index (χ4n) is 2.26. The van der Waals surface area contributed by atoms with Crippen LogP contribution in [0.1, 0.15) is 30.9 Å². The van der Waals surface area contributed by atoms with Crippen LogP contribution < -0.4 is 10.5 Å². The highest BCUT2D eigenvalue weighted by molar-refractivity contribution is 7.92. The van der Waals surface area contributed by atoms with Gasteiger partial charge in [0.15, 0.2) is 10.8 Å². The first-order valence-corrected chi connectivity index (χ1v) is 8.11. The topological polar surface area (TPSA) is 90.0 Å². The Labute approximate surface area is 125 Å². The van der Waals surface area contributed by atoms with Crippen LogP contribution in [0.5, 0.6) is 0 Å². The zero-order valence-electron chi connectivity index (χ0n) is 12.6. The third kappa shape index (κ3) is 2.87.